The molecule has 0 saturated carbocycles. The third-order valence-corrected chi connectivity index (χ3v) is 3.56. The number of aryl methyl sites for hydroxylation is 1. The Hall–Kier alpha value is -2.55. The highest BCUT2D eigenvalue weighted by atomic mass is 16.5. The number of ether oxygens (including phenoxy) is 1. The molecule has 1 aromatic carbocycles. The topological polar surface area (TPSA) is 39.4 Å². The molecule has 2 aromatic rings. The lowest BCUT2D eigenvalue weighted by Crippen LogP contribution is -2.07. The second-order valence-electron chi connectivity index (χ2n) is 4.99. The first-order valence-corrected chi connectivity index (χ1v) is 6.87. The molecule has 1 aromatic heterocycles. The van der Waals surface area contributed by atoms with E-state index in [1.165, 1.54) is 0 Å². The van der Waals surface area contributed by atoms with Crippen LogP contribution >= 0.6 is 0 Å². The maximum atomic E-state index is 12.2. The van der Waals surface area contributed by atoms with Crippen LogP contribution in [0.15, 0.2) is 52.2 Å². The van der Waals surface area contributed by atoms with E-state index in [0.717, 1.165) is 16.7 Å². The minimum atomic E-state index is -0.338. The first kappa shape index (κ1) is 13.4. The lowest BCUT2D eigenvalue weighted by atomic mass is 10.0. The van der Waals surface area contributed by atoms with E-state index in [1.54, 1.807) is 13.0 Å². The minimum Gasteiger partial charge on any atom is -0.488 e. The molecule has 0 atom stereocenters. The van der Waals surface area contributed by atoms with E-state index in [-0.39, 0.29) is 5.63 Å². The summed E-state index contributed by atoms with van der Waals surface area (Å²) < 4.78 is 11.1. The molecule has 1 aliphatic rings. The standard InChI is InChI=1S/C18H16O3/c1-3-7-15-12(2)21-18(19)16-14(11-20-17(15)16)10-13-8-5-4-6-9-13/h3-6,8-10H,1,7,11H2,2H3/b14-10+. The molecule has 0 radical (unpaired) electrons. The van der Waals surface area contributed by atoms with Gasteiger partial charge in [-0.1, -0.05) is 36.4 Å². The zero-order chi connectivity index (χ0) is 14.8. The molecule has 0 bridgehead atoms. The molecule has 3 nitrogen and oxygen atoms in total. The second kappa shape index (κ2) is 5.44. The van der Waals surface area contributed by atoms with Gasteiger partial charge in [0.1, 0.15) is 23.7 Å². The van der Waals surface area contributed by atoms with Crippen LogP contribution in [0.3, 0.4) is 0 Å². The van der Waals surface area contributed by atoms with Gasteiger partial charge < -0.3 is 9.15 Å². The van der Waals surface area contributed by atoms with Gasteiger partial charge in [-0.15, -0.1) is 6.58 Å². The van der Waals surface area contributed by atoms with E-state index in [9.17, 15) is 4.79 Å². The van der Waals surface area contributed by atoms with Gasteiger partial charge in [0, 0.05) is 11.1 Å². The predicted molar refractivity (Wildman–Crippen MR) is 83.4 cm³/mol. The number of hydrogen-bond acceptors (Lipinski definition) is 3. The molecule has 0 saturated heterocycles. The van der Waals surface area contributed by atoms with Gasteiger partial charge in [0.05, 0.1) is 0 Å². The Bertz CT molecular complexity index is 767. The fraction of sp³-hybridized carbons (Fsp3) is 0.167. The van der Waals surface area contributed by atoms with Gasteiger partial charge >= 0.3 is 5.63 Å². The summed E-state index contributed by atoms with van der Waals surface area (Å²) in [5, 5.41) is 0. The summed E-state index contributed by atoms with van der Waals surface area (Å²) in [4.78, 5) is 12.2. The second-order valence-corrected chi connectivity index (χ2v) is 4.99. The Labute approximate surface area is 123 Å². The van der Waals surface area contributed by atoms with Crippen LogP contribution in [0.25, 0.3) is 11.6 Å². The Morgan fingerprint density at radius 2 is 2.05 bits per heavy atom. The van der Waals surface area contributed by atoms with Crippen LogP contribution < -0.4 is 10.4 Å². The molecule has 106 valence electrons. The molecular formula is C18H16O3. The Morgan fingerprint density at radius 1 is 1.29 bits per heavy atom. The van der Waals surface area contributed by atoms with Crippen LogP contribution in [0.2, 0.25) is 0 Å². The van der Waals surface area contributed by atoms with Crippen molar-refractivity contribution < 1.29 is 9.15 Å². The Balaban J connectivity index is 2.15. The molecule has 0 aliphatic carbocycles. The predicted octanol–water partition coefficient (Wildman–Crippen LogP) is 3.61. The van der Waals surface area contributed by atoms with Crippen molar-refractivity contribution in [3.05, 3.63) is 75.9 Å². The molecule has 0 unspecified atom stereocenters. The third kappa shape index (κ3) is 2.42. The van der Waals surface area contributed by atoms with Gasteiger partial charge in [0.15, 0.2) is 0 Å². The van der Waals surface area contributed by atoms with Crippen molar-refractivity contribution in [2.24, 2.45) is 0 Å². The summed E-state index contributed by atoms with van der Waals surface area (Å²) in [5.41, 5.74) is 3.00. The van der Waals surface area contributed by atoms with Crippen molar-refractivity contribution in [2.45, 2.75) is 13.3 Å². The maximum Gasteiger partial charge on any atom is 0.347 e. The molecule has 0 fully saturated rings. The van der Waals surface area contributed by atoms with Crippen LogP contribution in [0, 0.1) is 6.92 Å². The average Bonchev–Trinajstić information content (AvgIpc) is 2.88. The van der Waals surface area contributed by atoms with Gasteiger partial charge in [-0.3, -0.25) is 0 Å². The first-order valence-electron chi connectivity index (χ1n) is 6.87. The Morgan fingerprint density at radius 3 is 2.76 bits per heavy atom. The fourth-order valence-electron chi connectivity index (χ4n) is 2.56. The highest BCUT2D eigenvalue weighted by molar-refractivity contribution is 5.87. The van der Waals surface area contributed by atoms with E-state index in [0.29, 0.717) is 30.1 Å². The van der Waals surface area contributed by atoms with Gasteiger partial charge in [-0.05, 0) is 25.0 Å². The van der Waals surface area contributed by atoms with E-state index >= 15 is 0 Å². The molecule has 3 heteroatoms. The number of allylic oxidation sites excluding steroid dienone is 1. The van der Waals surface area contributed by atoms with Gasteiger partial charge in [-0.2, -0.15) is 0 Å². The monoisotopic (exact) mass is 280 g/mol. The summed E-state index contributed by atoms with van der Waals surface area (Å²) in [6, 6.07) is 9.87. The average molecular weight is 280 g/mol. The van der Waals surface area contributed by atoms with Crippen molar-refractivity contribution in [3.8, 4) is 5.75 Å². The minimum absolute atomic E-state index is 0.338. The van der Waals surface area contributed by atoms with Crippen molar-refractivity contribution in [1.29, 1.82) is 0 Å². The summed E-state index contributed by atoms with van der Waals surface area (Å²) in [6.07, 6.45) is 4.37. The number of rotatable bonds is 3. The third-order valence-electron chi connectivity index (χ3n) is 3.56. The molecule has 0 amide bonds. The number of fused-ring (bicyclic) bond motifs is 1. The van der Waals surface area contributed by atoms with Gasteiger partial charge in [0.25, 0.3) is 0 Å². The zero-order valence-electron chi connectivity index (χ0n) is 11.9. The van der Waals surface area contributed by atoms with Crippen LogP contribution in [-0.4, -0.2) is 6.61 Å². The number of hydrogen-bond donors (Lipinski definition) is 0. The maximum absolute atomic E-state index is 12.2. The van der Waals surface area contributed by atoms with Crippen molar-refractivity contribution in [2.75, 3.05) is 6.61 Å². The lowest BCUT2D eigenvalue weighted by Gasteiger charge is -2.07. The van der Waals surface area contributed by atoms with Crippen molar-refractivity contribution in [3.63, 3.8) is 0 Å². The van der Waals surface area contributed by atoms with Crippen LogP contribution in [0.1, 0.15) is 22.5 Å². The van der Waals surface area contributed by atoms with Crippen LogP contribution in [-0.2, 0) is 6.42 Å². The summed E-state index contributed by atoms with van der Waals surface area (Å²) in [7, 11) is 0. The molecule has 0 spiro atoms. The Kier molecular flexibility index (Phi) is 3.48. The van der Waals surface area contributed by atoms with E-state index in [4.69, 9.17) is 9.15 Å². The molecule has 3 rings (SSSR count). The van der Waals surface area contributed by atoms with E-state index in [1.807, 2.05) is 36.4 Å². The molecule has 0 N–H and O–H groups in total. The number of benzene rings is 1. The van der Waals surface area contributed by atoms with Crippen LogP contribution in [0.4, 0.5) is 0 Å². The highest BCUT2D eigenvalue weighted by Gasteiger charge is 2.27. The molecule has 1 aliphatic heterocycles. The van der Waals surface area contributed by atoms with Crippen molar-refractivity contribution in [1.82, 2.24) is 0 Å². The summed E-state index contributed by atoms with van der Waals surface area (Å²) in [5.74, 6) is 1.24. The molecule has 21 heavy (non-hydrogen) atoms. The first-order chi connectivity index (χ1) is 10.2. The summed E-state index contributed by atoms with van der Waals surface area (Å²) in [6.45, 7) is 5.91. The van der Waals surface area contributed by atoms with Crippen LogP contribution in [0.5, 0.6) is 5.75 Å². The summed E-state index contributed by atoms with van der Waals surface area (Å²) >= 11 is 0. The quantitative estimate of drug-likeness (QED) is 0.806. The molecule has 2 heterocycles. The van der Waals surface area contributed by atoms with E-state index < -0.39 is 0 Å². The SMILES string of the molecule is C=CCc1c(C)oc(=O)c2c1OC/C2=C\c1ccccc1. The van der Waals surface area contributed by atoms with E-state index in [2.05, 4.69) is 6.58 Å². The highest BCUT2D eigenvalue weighted by Crippen LogP contribution is 2.36. The lowest BCUT2D eigenvalue weighted by molar-refractivity contribution is 0.375. The van der Waals surface area contributed by atoms with Crippen molar-refractivity contribution >= 4 is 11.6 Å². The van der Waals surface area contributed by atoms with Gasteiger partial charge in [-0.25, -0.2) is 4.79 Å². The smallest absolute Gasteiger partial charge is 0.347 e. The largest absolute Gasteiger partial charge is 0.488 e. The van der Waals surface area contributed by atoms with Gasteiger partial charge in [0.2, 0.25) is 0 Å². The zero-order valence-corrected chi connectivity index (χ0v) is 11.9. The molecular weight excluding hydrogens is 264 g/mol. The normalized spacial score (nSPS) is 14.8. The fourth-order valence-corrected chi connectivity index (χ4v) is 2.56.